The van der Waals surface area contributed by atoms with Gasteiger partial charge in [-0.3, -0.25) is 24.1 Å². The van der Waals surface area contributed by atoms with Crippen LogP contribution in [0.4, 0.5) is 0 Å². The van der Waals surface area contributed by atoms with Crippen LogP contribution >= 0.6 is 0 Å². The molecular formula is C29H40N4O9. The highest BCUT2D eigenvalue weighted by atomic mass is 16.4. The highest BCUT2D eigenvalue weighted by Gasteiger charge is 2.40. The van der Waals surface area contributed by atoms with Crippen LogP contribution in [0.3, 0.4) is 0 Å². The van der Waals surface area contributed by atoms with Gasteiger partial charge in [0.1, 0.15) is 6.54 Å². The topological polar surface area (TPSA) is 204 Å². The molecule has 42 heavy (non-hydrogen) atoms. The summed E-state index contributed by atoms with van der Waals surface area (Å²) in [5, 5.41) is 35.0. The lowest BCUT2D eigenvalue weighted by Gasteiger charge is -2.34. The number of aliphatic hydroxyl groups is 1. The average molecular weight is 589 g/mol. The van der Waals surface area contributed by atoms with Gasteiger partial charge in [0.05, 0.1) is 12.8 Å². The zero-order valence-electron chi connectivity index (χ0n) is 23.6. The van der Waals surface area contributed by atoms with E-state index >= 15 is 0 Å². The van der Waals surface area contributed by atoms with Gasteiger partial charge in [0.15, 0.2) is 5.60 Å². The smallest absolute Gasteiger partial charge is 0.336 e. The fraction of sp³-hybridized carbons (Fsp3) is 0.552. The van der Waals surface area contributed by atoms with Crippen LogP contribution in [0.2, 0.25) is 0 Å². The lowest BCUT2D eigenvalue weighted by atomic mass is 9.94. The number of primary amides is 1. The van der Waals surface area contributed by atoms with Gasteiger partial charge in [-0.25, -0.2) is 4.79 Å². The molecule has 0 bridgehead atoms. The van der Waals surface area contributed by atoms with E-state index in [1.807, 2.05) is 22.8 Å². The highest BCUT2D eigenvalue weighted by molar-refractivity contribution is 5.88. The Labute approximate surface area is 243 Å². The van der Waals surface area contributed by atoms with E-state index in [1.165, 1.54) is 23.8 Å². The largest absolute Gasteiger partial charge is 0.481 e. The van der Waals surface area contributed by atoms with Crippen LogP contribution in [0.5, 0.6) is 0 Å². The number of carboxylic acid groups (broad SMARTS) is 3. The minimum absolute atomic E-state index is 0.181. The molecular weight excluding hydrogens is 548 g/mol. The summed E-state index contributed by atoms with van der Waals surface area (Å²) >= 11 is 0. The second-order valence-electron chi connectivity index (χ2n) is 11.0. The lowest BCUT2D eigenvalue weighted by Crippen LogP contribution is -2.42. The number of hydrogen-bond acceptors (Lipinski definition) is 7. The summed E-state index contributed by atoms with van der Waals surface area (Å²) in [6, 6.07) is 8.17. The Morgan fingerprint density at radius 1 is 0.857 bits per heavy atom. The van der Waals surface area contributed by atoms with E-state index in [0.717, 1.165) is 63.9 Å². The first-order valence-corrected chi connectivity index (χ1v) is 14.1. The van der Waals surface area contributed by atoms with Crippen molar-refractivity contribution in [3.8, 4) is 0 Å². The maximum Gasteiger partial charge on any atom is 0.336 e. The van der Waals surface area contributed by atoms with Gasteiger partial charge in [-0.15, -0.1) is 0 Å². The summed E-state index contributed by atoms with van der Waals surface area (Å²) in [5.74, 6) is -4.79. The van der Waals surface area contributed by atoms with Gasteiger partial charge in [-0.05, 0) is 50.4 Å². The van der Waals surface area contributed by atoms with Crippen molar-refractivity contribution in [1.29, 1.82) is 0 Å². The monoisotopic (exact) mass is 588 g/mol. The molecule has 1 aromatic heterocycles. The van der Waals surface area contributed by atoms with Gasteiger partial charge in [0.2, 0.25) is 11.8 Å². The number of aliphatic carboxylic acids is 3. The summed E-state index contributed by atoms with van der Waals surface area (Å²) in [6.45, 7) is 4.82. The van der Waals surface area contributed by atoms with Gasteiger partial charge in [0, 0.05) is 42.7 Å². The molecule has 6 N–H and O–H groups in total. The molecule has 0 unspecified atom stereocenters. The van der Waals surface area contributed by atoms with Crippen LogP contribution in [-0.2, 0) is 37.1 Å². The number of carboxylic acids is 3. The summed E-state index contributed by atoms with van der Waals surface area (Å²) in [6.07, 6.45) is 6.47. The molecule has 2 fully saturated rings. The third-order valence-corrected chi connectivity index (χ3v) is 7.73. The van der Waals surface area contributed by atoms with Gasteiger partial charge in [-0.2, -0.15) is 0 Å². The number of amides is 2. The zero-order chi connectivity index (χ0) is 30.9. The van der Waals surface area contributed by atoms with E-state index in [0.29, 0.717) is 5.91 Å². The van der Waals surface area contributed by atoms with Crippen LogP contribution in [0, 0.1) is 5.92 Å². The number of nitrogens with zero attached hydrogens (tertiary/aromatic N) is 3. The minimum Gasteiger partial charge on any atom is -0.481 e. The van der Waals surface area contributed by atoms with Crippen molar-refractivity contribution in [3.63, 3.8) is 0 Å². The molecule has 2 aliphatic rings. The number of likely N-dealkylation sites (tertiary alicyclic amines) is 2. The second-order valence-corrected chi connectivity index (χ2v) is 11.0. The SMILES string of the molecule is NC(=O)Cn1cc(CN2CCC(C(=O)N3CCCCCC3)CC2)c2ccccc21.O=C(O)CC(O)(CC(=O)O)C(=O)O. The number of fused-ring (bicyclic) bond motifs is 1. The van der Waals surface area contributed by atoms with Crippen molar-refractivity contribution >= 4 is 40.6 Å². The molecule has 4 rings (SSSR count). The molecule has 1 aromatic carbocycles. The molecule has 0 saturated carbocycles. The zero-order valence-corrected chi connectivity index (χ0v) is 23.6. The van der Waals surface area contributed by atoms with Crippen LogP contribution in [0.25, 0.3) is 10.9 Å². The number of piperidine rings is 1. The Bertz CT molecular complexity index is 1260. The van der Waals surface area contributed by atoms with Crippen LogP contribution in [0.1, 0.15) is 56.9 Å². The third kappa shape index (κ3) is 9.02. The number of carbonyl (C=O) groups excluding carboxylic acids is 2. The normalized spacial score (nSPS) is 16.7. The molecule has 0 radical (unpaired) electrons. The van der Waals surface area contributed by atoms with Crippen molar-refractivity contribution in [2.75, 3.05) is 26.2 Å². The Kier molecular flexibility index (Phi) is 11.5. The van der Waals surface area contributed by atoms with Crippen molar-refractivity contribution in [2.45, 2.75) is 70.1 Å². The summed E-state index contributed by atoms with van der Waals surface area (Å²) in [7, 11) is 0. The quantitative estimate of drug-likeness (QED) is 0.270. The molecule has 0 aliphatic carbocycles. The fourth-order valence-electron chi connectivity index (χ4n) is 5.59. The molecule has 2 aromatic rings. The van der Waals surface area contributed by atoms with E-state index in [1.54, 1.807) is 0 Å². The van der Waals surface area contributed by atoms with Crippen molar-refractivity contribution in [1.82, 2.24) is 14.4 Å². The maximum absolute atomic E-state index is 12.9. The van der Waals surface area contributed by atoms with Gasteiger partial charge >= 0.3 is 17.9 Å². The predicted molar refractivity (Wildman–Crippen MR) is 151 cm³/mol. The number of nitrogens with two attached hydrogens (primary N) is 1. The summed E-state index contributed by atoms with van der Waals surface area (Å²) < 4.78 is 1.95. The predicted octanol–water partition coefficient (Wildman–Crippen LogP) is 1.49. The Morgan fingerprint density at radius 3 is 1.95 bits per heavy atom. The molecule has 230 valence electrons. The first-order valence-electron chi connectivity index (χ1n) is 14.1. The molecule has 3 heterocycles. The van der Waals surface area contributed by atoms with Gasteiger partial charge in [0.25, 0.3) is 0 Å². The molecule has 2 saturated heterocycles. The second kappa shape index (κ2) is 14.8. The number of para-hydroxylation sites is 1. The molecule has 2 aliphatic heterocycles. The minimum atomic E-state index is -2.74. The summed E-state index contributed by atoms with van der Waals surface area (Å²) in [4.78, 5) is 59.4. The van der Waals surface area contributed by atoms with Gasteiger partial charge < -0.3 is 35.6 Å². The number of hydrogen-bond donors (Lipinski definition) is 5. The molecule has 2 amide bonds. The molecule has 13 nitrogen and oxygen atoms in total. The average Bonchev–Trinajstić information content (AvgIpc) is 3.07. The van der Waals surface area contributed by atoms with E-state index in [2.05, 4.69) is 22.1 Å². The Balaban J connectivity index is 0.000000316. The fourth-order valence-corrected chi connectivity index (χ4v) is 5.59. The van der Waals surface area contributed by atoms with Crippen molar-refractivity contribution in [3.05, 3.63) is 36.0 Å². The first-order chi connectivity index (χ1) is 19.9. The van der Waals surface area contributed by atoms with Crippen molar-refractivity contribution in [2.24, 2.45) is 11.7 Å². The first kappa shape index (κ1) is 32.5. The van der Waals surface area contributed by atoms with Gasteiger partial charge in [-0.1, -0.05) is 31.0 Å². The molecule has 0 atom stereocenters. The van der Waals surface area contributed by atoms with Crippen LogP contribution in [0.15, 0.2) is 30.5 Å². The van der Waals surface area contributed by atoms with E-state index in [9.17, 15) is 24.0 Å². The third-order valence-electron chi connectivity index (χ3n) is 7.73. The van der Waals surface area contributed by atoms with E-state index in [-0.39, 0.29) is 18.4 Å². The van der Waals surface area contributed by atoms with Crippen molar-refractivity contribution < 1.29 is 44.4 Å². The number of rotatable bonds is 10. The van der Waals surface area contributed by atoms with E-state index < -0.39 is 36.4 Å². The van der Waals surface area contributed by atoms with E-state index in [4.69, 9.17) is 26.2 Å². The Hall–Kier alpha value is -3.97. The standard InChI is InChI=1S/C23H32N4O2.C6H8O7/c24-22(28)17-27-16-19(20-7-3-4-8-21(20)27)15-25-13-9-18(10-14-25)23(29)26-11-5-1-2-6-12-26;7-3(8)1-6(13,5(11)12)2-4(9)10/h3-4,7-8,16,18H,1-2,5-6,9-15,17H2,(H2,24,28);13H,1-2H2,(H,7,8)(H,9,10)(H,11,12). The number of benzene rings is 1. The molecule has 13 heteroatoms. The molecule has 0 spiro atoms. The maximum atomic E-state index is 12.9. The number of aromatic nitrogens is 1. The summed E-state index contributed by atoms with van der Waals surface area (Å²) in [5.41, 5.74) is 4.95. The lowest BCUT2D eigenvalue weighted by molar-refractivity contribution is -0.170. The van der Waals surface area contributed by atoms with Crippen LogP contribution < -0.4 is 5.73 Å². The number of carbonyl (C=O) groups is 5. The van der Waals surface area contributed by atoms with Crippen LogP contribution in [-0.4, -0.2) is 96.3 Å². The Morgan fingerprint density at radius 2 is 1.43 bits per heavy atom. The highest BCUT2D eigenvalue weighted by Crippen LogP contribution is 2.26.